The summed E-state index contributed by atoms with van der Waals surface area (Å²) in [5.41, 5.74) is 0. The van der Waals surface area contributed by atoms with Crippen molar-refractivity contribution in [1.29, 1.82) is 0 Å². The third kappa shape index (κ3) is 3.22. The number of hydrogen-bond donors (Lipinski definition) is 1. The number of carbonyl (C=O) groups excluding carboxylic acids is 2. The van der Waals surface area contributed by atoms with Gasteiger partial charge in [-0.25, -0.2) is 4.79 Å². The van der Waals surface area contributed by atoms with Gasteiger partial charge in [0.1, 0.15) is 0 Å². The van der Waals surface area contributed by atoms with E-state index >= 15 is 0 Å². The van der Waals surface area contributed by atoms with Gasteiger partial charge in [-0.05, 0) is 18.8 Å². The molecule has 15 heavy (non-hydrogen) atoms. The molecule has 0 bridgehead atoms. The molecule has 0 saturated heterocycles. The summed E-state index contributed by atoms with van der Waals surface area (Å²) in [5.74, 6) is -0.898. The molecule has 2 atom stereocenters. The summed E-state index contributed by atoms with van der Waals surface area (Å²) in [4.78, 5) is 22.3. The van der Waals surface area contributed by atoms with Crippen LogP contribution in [0.5, 0.6) is 0 Å². The quantitative estimate of drug-likeness (QED) is 0.554. The molecule has 1 fully saturated rings. The van der Waals surface area contributed by atoms with Crippen molar-refractivity contribution in [2.24, 2.45) is 5.92 Å². The summed E-state index contributed by atoms with van der Waals surface area (Å²) >= 11 is 0. The summed E-state index contributed by atoms with van der Waals surface area (Å²) in [5, 5.41) is 2.76. The largest absolute Gasteiger partial charge is 0.462 e. The van der Waals surface area contributed by atoms with Crippen LogP contribution in [-0.4, -0.2) is 25.0 Å². The molecule has 0 spiro atoms. The van der Waals surface area contributed by atoms with Crippen molar-refractivity contribution in [1.82, 2.24) is 5.32 Å². The molecule has 1 N–H and O–H groups in total. The van der Waals surface area contributed by atoms with Crippen molar-refractivity contribution in [3.8, 4) is 0 Å². The molecule has 4 nitrogen and oxygen atoms in total. The second kappa shape index (κ2) is 5.73. The minimum atomic E-state index is -0.796. The van der Waals surface area contributed by atoms with Gasteiger partial charge in [-0.15, -0.1) is 0 Å². The second-order valence-electron chi connectivity index (χ2n) is 4.02. The number of ether oxygens (including phenoxy) is 1. The van der Waals surface area contributed by atoms with E-state index in [1.165, 1.54) is 13.5 Å². The van der Waals surface area contributed by atoms with Crippen molar-refractivity contribution in [3.63, 3.8) is 0 Å². The second-order valence-corrected chi connectivity index (χ2v) is 4.02. The lowest BCUT2D eigenvalue weighted by Crippen LogP contribution is -2.45. The smallest absolute Gasteiger partial charge is 0.396 e. The molecule has 1 aliphatic carbocycles. The Morgan fingerprint density at radius 3 is 2.60 bits per heavy atom. The van der Waals surface area contributed by atoms with Crippen LogP contribution in [0.25, 0.3) is 0 Å². The van der Waals surface area contributed by atoms with Gasteiger partial charge in [0.05, 0.1) is 7.11 Å². The third-order valence-corrected chi connectivity index (χ3v) is 3.12. The number of rotatable bonds is 2. The van der Waals surface area contributed by atoms with Gasteiger partial charge >= 0.3 is 11.9 Å². The summed E-state index contributed by atoms with van der Waals surface area (Å²) in [7, 11) is 1.22. The minimum Gasteiger partial charge on any atom is -0.462 e. The van der Waals surface area contributed by atoms with Crippen LogP contribution in [0.2, 0.25) is 0 Å². The molecule has 86 valence electrons. The average Bonchev–Trinajstić information content (AvgIpc) is 2.28. The fraction of sp³-hybridized carbons (Fsp3) is 0.818. The average molecular weight is 213 g/mol. The number of nitrogens with one attached hydrogen (secondary N) is 1. The topological polar surface area (TPSA) is 55.4 Å². The SMILES string of the molecule is CCC1CCCCC1NC(=O)C(=O)OC. The molecule has 0 aromatic rings. The maximum absolute atomic E-state index is 11.3. The van der Waals surface area contributed by atoms with Crippen molar-refractivity contribution >= 4 is 11.9 Å². The monoisotopic (exact) mass is 213 g/mol. The highest BCUT2D eigenvalue weighted by Crippen LogP contribution is 2.26. The first-order chi connectivity index (χ1) is 7.19. The molecule has 0 aliphatic heterocycles. The standard InChI is InChI=1S/C11H19NO3/c1-3-8-6-4-5-7-9(8)12-10(13)11(14)15-2/h8-9H,3-7H2,1-2H3,(H,12,13). The Morgan fingerprint density at radius 2 is 2.00 bits per heavy atom. The van der Waals surface area contributed by atoms with Gasteiger partial charge in [-0.2, -0.15) is 0 Å². The van der Waals surface area contributed by atoms with Crippen molar-refractivity contribution < 1.29 is 14.3 Å². The van der Waals surface area contributed by atoms with E-state index in [1.54, 1.807) is 0 Å². The van der Waals surface area contributed by atoms with E-state index in [9.17, 15) is 9.59 Å². The van der Waals surface area contributed by atoms with E-state index in [2.05, 4.69) is 17.0 Å². The van der Waals surface area contributed by atoms with Gasteiger partial charge in [-0.3, -0.25) is 4.79 Å². The Morgan fingerprint density at radius 1 is 1.33 bits per heavy atom. The van der Waals surface area contributed by atoms with Gasteiger partial charge in [0, 0.05) is 6.04 Å². The Bertz CT molecular complexity index is 240. The molecule has 0 aromatic heterocycles. The molecule has 4 heteroatoms. The Hall–Kier alpha value is -1.06. The zero-order valence-electron chi connectivity index (χ0n) is 9.41. The summed E-state index contributed by atoms with van der Waals surface area (Å²) in [6.07, 6.45) is 5.52. The van der Waals surface area contributed by atoms with Crippen LogP contribution in [0.15, 0.2) is 0 Å². The maximum Gasteiger partial charge on any atom is 0.396 e. The van der Waals surface area contributed by atoms with Gasteiger partial charge in [0.15, 0.2) is 0 Å². The Kier molecular flexibility index (Phi) is 4.59. The molecular formula is C11H19NO3. The summed E-state index contributed by atoms with van der Waals surface area (Å²) < 4.78 is 4.37. The highest BCUT2D eigenvalue weighted by molar-refractivity contribution is 6.32. The number of carbonyl (C=O) groups is 2. The van der Waals surface area contributed by atoms with Gasteiger partial charge < -0.3 is 10.1 Å². The number of hydrogen-bond acceptors (Lipinski definition) is 3. The van der Waals surface area contributed by atoms with Crippen molar-refractivity contribution in [2.45, 2.75) is 45.1 Å². The van der Waals surface area contributed by atoms with Crippen LogP contribution >= 0.6 is 0 Å². The number of amides is 1. The Balaban J connectivity index is 2.47. The molecule has 1 rings (SSSR count). The molecule has 0 aromatic carbocycles. The fourth-order valence-corrected chi connectivity index (χ4v) is 2.21. The first kappa shape index (κ1) is 12.0. The zero-order chi connectivity index (χ0) is 11.3. The van der Waals surface area contributed by atoms with E-state index in [4.69, 9.17) is 0 Å². The first-order valence-corrected chi connectivity index (χ1v) is 5.57. The van der Waals surface area contributed by atoms with Crippen molar-refractivity contribution in [2.75, 3.05) is 7.11 Å². The fourth-order valence-electron chi connectivity index (χ4n) is 2.21. The van der Waals surface area contributed by atoms with Crippen LogP contribution in [0.4, 0.5) is 0 Å². The van der Waals surface area contributed by atoms with Crippen LogP contribution in [0.1, 0.15) is 39.0 Å². The summed E-state index contributed by atoms with van der Waals surface area (Å²) in [6.45, 7) is 2.12. The van der Waals surface area contributed by atoms with Gasteiger partial charge in [0.2, 0.25) is 0 Å². The predicted molar refractivity (Wildman–Crippen MR) is 56.2 cm³/mol. The molecule has 1 amide bonds. The Labute approximate surface area is 90.4 Å². The summed E-state index contributed by atoms with van der Waals surface area (Å²) in [6, 6.07) is 0.148. The van der Waals surface area contributed by atoms with Crippen molar-refractivity contribution in [3.05, 3.63) is 0 Å². The molecule has 0 heterocycles. The van der Waals surface area contributed by atoms with E-state index in [0.29, 0.717) is 5.92 Å². The van der Waals surface area contributed by atoms with E-state index < -0.39 is 11.9 Å². The van der Waals surface area contributed by atoms with E-state index in [0.717, 1.165) is 25.7 Å². The molecule has 1 aliphatic rings. The molecule has 1 saturated carbocycles. The normalized spacial score (nSPS) is 25.7. The molecule has 2 unspecified atom stereocenters. The number of esters is 1. The molecular weight excluding hydrogens is 194 g/mol. The lowest BCUT2D eigenvalue weighted by Gasteiger charge is -2.31. The van der Waals surface area contributed by atoms with E-state index in [-0.39, 0.29) is 6.04 Å². The van der Waals surface area contributed by atoms with Gasteiger partial charge in [-0.1, -0.05) is 26.2 Å². The molecule has 0 radical (unpaired) electrons. The lowest BCUT2D eigenvalue weighted by molar-refractivity contribution is -0.153. The zero-order valence-corrected chi connectivity index (χ0v) is 9.41. The van der Waals surface area contributed by atoms with Gasteiger partial charge in [0.25, 0.3) is 0 Å². The van der Waals surface area contributed by atoms with Crippen LogP contribution < -0.4 is 5.32 Å². The first-order valence-electron chi connectivity index (χ1n) is 5.57. The van der Waals surface area contributed by atoms with Crippen LogP contribution in [0.3, 0.4) is 0 Å². The highest BCUT2D eigenvalue weighted by atomic mass is 16.5. The maximum atomic E-state index is 11.3. The number of methoxy groups -OCH3 is 1. The highest BCUT2D eigenvalue weighted by Gasteiger charge is 2.27. The van der Waals surface area contributed by atoms with E-state index in [1.807, 2.05) is 0 Å². The van der Waals surface area contributed by atoms with Crippen LogP contribution in [-0.2, 0) is 14.3 Å². The van der Waals surface area contributed by atoms with Crippen LogP contribution in [0, 0.1) is 5.92 Å². The minimum absolute atomic E-state index is 0.148. The lowest BCUT2D eigenvalue weighted by atomic mass is 9.83. The third-order valence-electron chi connectivity index (χ3n) is 3.12. The predicted octanol–water partition coefficient (Wildman–Crippen LogP) is 1.24.